The summed E-state index contributed by atoms with van der Waals surface area (Å²) >= 11 is 0. The van der Waals surface area contributed by atoms with E-state index in [0.29, 0.717) is 13.1 Å². The number of aryl methyl sites for hydroxylation is 1. The quantitative estimate of drug-likeness (QED) is 0.762. The molecule has 1 N–H and O–H groups in total. The maximum atomic E-state index is 10.7. The first-order chi connectivity index (χ1) is 7.54. The maximum absolute atomic E-state index is 10.7. The van der Waals surface area contributed by atoms with E-state index >= 15 is 0 Å². The molecule has 0 fully saturated rings. The maximum Gasteiger partial charge on any atom is 0.307 e. The zero-order valence-electron chi connectivity index (χ0n) is 9.92. The Morgan fingerprint density at radius 2 is 2.38 bits per heavy atom. The predicted octanol–water partition coefficient (Wildman–Crippen LogP) is 0.450. The van der Waals surface area contributed by atoms with E-state index < -0.39 is 5.97 Å². The van der Waals surface area contributed by atoms with E-state index in [1.807, 2.05) is 23.6 Å². The van der Waals surface area contributed by atoms with Crippen molar-refractivity contribution in [3.05, 3.63) is 12.2 Å². The highest BCUT2D eigenvalue weighted by atomic mass is 16.4. The number of carbonyl (C=O) groups is 1. The number of nitrogens with zero attached hydrogens (tertiary/aromatic N) is 4. The fourth-order valence-electron chi connectivity index (χ4n) is 1.53. The van der Waals surface area contributed by atoms with Crippen molar-refractivity contribution in [2.24, 2.45) is 5.92 Å². The normalized spacial score (nSPS) is 13.0. The molecule has 6 heteroatoms. The molecule has 1 aromatic heterocycles. The monoisotopic (exact) mass is 226 g/mol. The topological polar surface area (TPSA) is 71.2 Å². The average molecular weight is 226 g/mol. The average Bonchev–Trinajstić information content (AvgIpc) is 2.64. The highest BCUT2D eigenvalue weighted by Gasteiger charge is 2.15. The van der Waals surface area contributed by atoms with E-state index in [2.05, 4.69) is 10.1 Å². The fraction of sp³-hybridized carbons (Fsp3) is 0.700. The predicted molar refractivity (Wildman–Crippen MR) is 58.8 cm³/mol. The van der Waals surface area contributed by atoms with Crippen molar-refractivity contribution in [2.45, 2.75) is 26.9 Å². The summed E-state index contributed by atoms with van der Waals surface area (Å²) in [6.45, 7) is 5.59. The van der Waals surface area contributed by atoms with Crippen LogP contribution < -0.4 is 0 Å². The number of aliphatic carboxylic acids is 1. The molecule has 0 aromatic carbocycles. The van der Waals surface area contributed by atoms with E-state index in [1.165, 1.54) is 6.33 Å². The molecule has 1 unspecified atom stereocenters. The van der Waals surface area contributed by atoms with Crippen molar-refractivity contribution in [1.82, 2.24) is 19.7 Å². The summed E-state index contributed by atoms with van der Waals surface area (Å²) in [4.78, 5) is 16.8. The molecule has 0 radical (unpaired) electrons. The van der Waals surface area contributed by atoms with Crippen LogP contribution in [-0.2, 0) is 17.9 Å². The lowest BCUT2D eigenvalue weighted by Gasteiger charge is -2.18. The molecule has 1 rings (SSSR count). The van der Waals surface area contributed by atoms with Crippen molar-refractivity contribution in [3.63, 3.8) is 0 Å². The van der Waals surface area contributed by atoms with Gasteiger partial charge in [-0.3, -0.25) is 9.69 Å². The first-order valence-corrected chi connectivity index (χ1v) is 5.32. The van der Waals surface area contributed by atoms with Gasteiger partial charge in [0.05, 0.1) is 12.5 Å². The lowest BCUT2D eigenvalue weighted by atomic mass is 10.2. The van der Waals surface area contributed by atoms with Crippen LogP contribution in [0, 0.1) is 5.92 Å². The molecule has 0 bridgehead atoms. The molecule has 90 valence electrons. The van der Waals surface area contributed by atoms with Gasteiger partial charge >= 0.3 is 5.97 Å². The molecule has 1 atom stereocenters. The van der Waals surface area contributed by atoms with E-state index in [1.54, 1.807) is 6.92 Å². The van der Waals surface area contributed by atoms with Gasteiger partial charge in [0.1, 0.15) is 12.2 Å². The van der Waals surface area contributed by atoms with E-state index in [0.717, 1.165) is 12.4 Å². The second kappa shape index (κ2) is 5.60. The van der Waals surface area contributed by atoms with Crippen LogP contribution in [0.25, 0.3) is 0 Å². The van der Waals surface area contributed by atoms with Crippen LogP contribution in [0.5, 0.6) is 0 Å². The van der Waals surface area contributed by atoms with Gasteiger partial charge in [0, 0.05) is 13.1 Å². The Labute approximate surface area is 94.9 Å². The summed E-state index contributed by atoms with van der Waals surface area (Å²) in [5.74, 6) is -0.283. The second-order valence-corrected chi connectivity index (χ2v) is 3.93. The molecule has 0 amide bonds. The van der Waals surface area contributed by atoms with E-state index in [9.17, 15) is 4.79 Å². The molecule has 6 nitrogen and oxygen atoms in total. The van der Waals surface area contributed by atoms with E-state index in [4.69, 9.17) is 5.11 Å². The Kier molecular flexibility index (Phi) is 4.42. The lowest BCUT2D eigenvalue weighted by molar-refractivity contribution is -0.141. The molecular weight excluding hydrogens is 208 g/mol. The van der Waals surface area contributed by atoms with Crippen molar-refractivity contribution in [1.29, 1.82) is 0 Å². The van der Waals surface area contributed by atoms with Crippen LogP contribution in [0.2, 0.25) is 0 Å². The van der Waals surface area contributed by atoms with Gasteiger partial charge in [0.25, 0.3) is 0 Å². The molecule has 0 spiro atoms. The molecule has 0 aliphatic rings. The largest absolute Gasteiger partial charge is 0.481 e. The standard InChI is InChI=1S/C10H18N4O2/c1-4-14-9(11-7-12-14)6-13(3)5-8(2)10(15)16/h7-8H,4-6H2,1-3H3,(H,15,16). The summed E-state index contributed by atoms with van der Waals surface area (Å²) in [6.07, 6.45) is 1.52. The third kappa shape index (κ3) is 3.30. The molecule has 0 aliphatic heterocycles. The summed E-state index contributed by atoms with van der Waals surface area (Å²) in [6, 6.07) is 0. The van der Waals surface area contributed by atoms with Gasteiger partial charge in [-0.05, 0) is 14.0 Å². The van der Waals surface area contributed by atoms with Crippen LogP contribution in [-0.4, -0.2) is 44.3 Å². The minimum Gasteiger partial charge on any atom is -0.481 e. The first kappa shape index (κ1) is 12.6. The van der Waals surface area contributed by atoms with Gasteiger partial charge in [-0.2, -0.15) is 5.10 Å². The highest BCUT2D eigenvalue weighted by molar-refractivity contribution is 5.69. The van der Waals surface area contributed by atoms with Gasteiger partial charge in [0.15, 0.2) is 0 Å². The Hall–Kier alpha value is -1.43. The minimum atomic E-state index is -0.774. The number of carboxylic acid groups (broad SMARTS) is 1. The Morgan fingerprint density at radius 3 is 2.94 bits per heavy atom. The number of hydrogen-bond acceptors (Lipinski definition) is 4. The van der Waals surface area contributed by atoms with Crippen LogP contribution in [0.1, 0.15) is 19.7 Å². The molecule has 0 saturated heterocycles. The first-order valence-electron chi connectivity index (χ1n) is 5.32. The van der Waals surface area contributed by atoms with Crippen molar-refractivity contribution in [3.8, 4) is 0 Å². The molecule has 0 saturated carbocycles. The smallest absolute Gasteiger partial charge is 0.307 e. The van der Waals surface area contributed by atoms with E-state index in [-0.39, 0.29) is 5.92 Å². The molecule has 1 heterocycles. The Bertz CT molecular complexity index is 350. The number of rotatable bonds is 6. The van der Waals surface area contributed by atoms with Crippen molar-refractivity contribution < 1.29 is 9.90 Å². The number of aromatic nitrogens is 3. The zero-order chi connectivity index (χ0) is 12.1. The van der Waals surface area contributed by atoms with Crippen LogP contribution >= 0.6 is 0 Å². The molecule has 16 heavy (non-hydrogen) atoms. The SMILES string of the molecule is CCn1ncnc1CN(C)CC(C)C(=O)O. The molecule has 0 aliphatic carbocycles. The summed E-state index contributed by atoms with van der Waals surface area (Å²) in [5, 5.41) is 12.9. The minimum absolute atomic E-state index is 0.372. The van der Waals surface area contributed by atoms with Gasteiger partial charge < -0.3 is 5.11 Å². The van der Waals surface area contributed by atoms with Gasteiger partial charge in [-0.25, -0.2) is 9.67 Å². The van der Waals surface area contributed by atoms with Crippen molar-refractivity contribution in [2.75, 3.05) is 13.6 Å². The molecule has 1 aromatic rings. The number of carboxylic acids is 1. The number of hydrogen-bond donors (Lipinski definition) is 1. The van der Waals surface area contributed by atoms with Gasteiger partial charge in [-0.15, -0.1) is 0 Å². The fourth-order valence-corrected chi connectivity index (χ4v) is 1.53. The lowest BCUT2D eigenvalue weighted by Crippen LogP contribution is -2.29. The summed E-state index contributed by atoms with van der Waals surface area (Å²) in [5.41, 5.74) is 0. The van der Waals surface area contributed by atoms with Crippen LogP contribution in [0.4, 0.5) is 0 Å². The van der Waals surface area contributed by atoms with Gasteiger partial charge in [-0.1, -0.05) is 6.92 Å². The summed E-state index contributed by atoms with van der Waals surface area (Å²) in [7, 11) is 1.88. The third-order valence-electron chi connectivity index (χ3n) is 2.41. The van der Waals surface area contributed by atoms with Crippen LogP contribution in [0.15, 0.2) is 6.33 Å². The highest BCUT2D eigenvalue weighted by Crippen LogP contribution is 2.03. The second-order valence-electron chi connectivity index (χ2n) is 3.93. The zero-order valence-corrected chi connectivity index (χ0v) is 9.92. The van der Waals surface area contributed by atoms with Gasteiger partial charge in [0.2, 0.25) is 0 Å². The summed E-state index contributed by atoms with van der Waals surface area (Å²) < 4.78 is 1.81. The van der Waals surface area contributed by atoms with Crippen LogP contribution in [0.3, 0.4) is 0 Å². The Morgan fingerprint density at radius 1 is 1.69 bits per heavy atom. The third-order valence-corrected chi connectivity index (χ3v) is 2.41. The van der Waals surface area contributed by atoms with Crippen molar-refractivity contribution >= 4 is 5.97 Å². The Balaban J connectivity index is 2.51. The molecular formula is C10H18N4O2.